The van der Waals surface area contributed by atoms with Crippen LogP contribution in [0.15, 0.2) is 42.6 Å². The molecule has 1 fully saturated rings. The van der Waals surface area contributed by atoms with Crippen LogP contribution in [0.1, 0.15) is 39.3 Å². The molecule has 2 aromatic rings. The molecule has 1 N–H and O–H groups in total. The molecule has 1 aliphatic rings. The number of carbonyl (C=O) groups excluding carboxylic acids is 1. The number of halogens is 1. The Hall–Kier alpha value is -2.07. The summed E-state index contributed by atoms with van der Waals surface area (Å²) in [5.74, 6) is 0. The number of nitrogens with zero attached hydrogens (tertiary/aromatic N) is 1. The van der Waals surface area contributed by atoms with Gasteiger partial charge in [-0.3, -0.25) is 4.98 Å². The number of amides is 1. The predicted molar refractivity (Wildman–Crippen MR) is 99.8 cm³/mol. The molecule has 1 aromatic heterocycles. The molecular weight excluding hydrogens is 336 g/mol. The van der Waals surface area contributed by atoms with E-state index in [0.29, 0.717) is 11.6 Å². The van der Waals surface area contributed by atoms with Crippen molar-refractivity contribution in [2.75, 3.05) is 6.54 Å². The SMILES string of the molecule is CC(C)(C)OC(=O)NCC1(c2ncc(-c3ccccc3)cc2Cl)CC1. The van der Waals surface area contributed by atoms with E-state index < -0.39 is 11.7 Å². The fourth-order valence-electron chi connectivity index (χ4n) is 2.82. The molecule has 1 aliphatic carbocycles. The lowest BCUT2D eigenvalue weighted by molar-refractivity contribution is 0.0522. The zero-order chi connectivity index (χ0) is 18.1. The van der Waals surface area contributed by atoms with Gasteiger partial charge in [0, 0.05) is 23.7 Å². The first-order valence-electron chi connectivity index (χ1n) is 8.47. The van der Waals surface area contributed by atoms with Gasteiger partial charge in [-0.1, -0.05) is 41.9 Å². The molecule has 25 heavy (non-hydrogen) atoms. The van der Waals surface area contributed by atoms with Gasteiger partial charge in [0.1, 0.15) is 5.60 Å². The van der Waals surface area contributed by atoms with E-state index in [-0.39, 0.29) is 5.41 Å². The van der Waals surface area contributed by atoms with Crippen LogP contribution in [-0.4, -0.2) is 23.2 Å². The van der Waals surface area contributed by atoms with Gasteiger partial charge in [-0.05, 0) is 45.2 Å². The van der Waals surface area contributed by atoms with Crippen LogP contribution < -0.4 is 5.32 Å². The summed E-state index contributed by atoms with van der Waals surface area (Å²) >= 11 is 6.52. The maximum Gasteiger partial charge on any atom is 0.407 e. The third-order valence-corrected chi connectivity index (χ3v) is 4.56. The number of carbonyl (C=O) groups is 1. The Bertz CT molecular complexity index is 765. The summed E-state index contributed by atoms with van der Waals surface area (Å²) in [4.78, 5) is 16.5. The quantitative estimate of drug-likeness (QED) is 0.840. The van der Waals surface area contributed by atoms with E-state index in [1.807, 2.05) is 63.4 Å². The van der Waals surface area contributed by atoms with Crippen LogP contribution >= 0.6 is 11.6 Å². The van der Waals surface area contributed by atoms with Gasteiger partial charge in [-0.15, -0.1) is 0 Å². The molecule has 1 amide bonds. The Labute approximate surface area is 153 Å². The van der Waals surface area contributed by atoms with E-state index in [4.69, 9.17) is 16.3 Å². The molecule has 5 heteroatoms. The van der Waals surface area contributed by atoms with E-state index in [1.54, 1.807) is 0 Å². The third-order valence-electron chi connectivity index (χ3n) is 4.27. The van der Waals surface area contributed by atoms with E-state index in [2.05, 4.69) is 10.3 Å². The van der Waals surface area contributed by atoms with Gasteiger partial charge in [0.2, 0.25) is 0 Å². The minimum Gasteiger partial charge on any atom is -0.444 e. The average Bonchev–Trinajstić information content (AvgIpc) is 3.33. The van der Waals surface area contributed by atoms with Gasteiger partial charge in [0.25, 0.3) is 0 Å². The van der Waals surface area contributed by atoms with Gasteiger partial charge >= 0.3 is 6.09 Å². The Morgan fingerprint density at radius 2 is 1.92 bits per heavy atom. The highest BCUT2D eigenvalue weighted by atomic mass is 35.5. The van der Waals surface area contributed by atoms with E-state index >= 15 is 0 Å². The first kappa shape index (κ1) is 17.7. The highest BCUT2D eigenvalue weighted by Crippen LogP contribution is 2.49. The van der Waals surface area contributed by atoms with Gasteiger partial charge < -0.3 is 10.1 Å². The summed E-state index contributed by atoms with van der Waals surface area (Å²) in [5.41, 5.74) is 2.24. The van der Waals surface area contributed by atoms with Crippen molar-refractivity contribution in [1.82, 2.24) is 10.3 Å². The van der Waals surface area contributed by atoms with Crippen LogP contribution in [0.5, 0.6) is 0 Å². The molecule has 0 unspecified atom stereocenters. The number of ether oxygens (including phenoxy) is 1. The summed E-state index contributed by atoms with van der Waals surface area (Å²) < 4.78 is 5.30. The number of pyridine rings is 1. The smallest absolute Gasteiger partial charge is 0.407 e. The Kier molecular flexibility index (Phi) is 4.74. The highest BCUT2D eigenvalue weighted by Gasteiger charge is 2.47. The normalized spacial score (nSPS) is 15.5. The molecule has 4 nitrogen and oxygen atoms in total. The van der Waals surface area contributed by atoms with Gasteiger partial charge in [-0.2, -0.15) is 0 Å². The Balaban J connectivity index is 1.72. The van der Waals surface area contributed by atoms with Crippen molar-refractivity contribution in [3.8, 4) is 11.1 Å². The number of hydrogen-bond donors (Lipinski definition) is 1. The van der Waals surface area contributed by atoms with Crippen molar-refractivity contribution >= 4 is 17.7 Å². The van der Waals surface area contributed by atoms with Crippen LogP contribution in [0.4, 0.5) is 4.79 Å². The van der Waals surface area contributed by atoms with Crippen molar-refractivity contribution in [3.05, 3.63) is 53.3 Å². The number of rotatable bonds is 4. The van der Waals surface area contributed by atoms with Crippen LogP contribution in [0, 0.1) is 0 Å². The predicted octanol–water partition coefficient (Wildman–Crippen LogP) is 4.96. The fraction of sp³-hybridized carbons (Fsp3) is 0.400. The number of aromatic nitrogens is 1. The lowest BCUT2D eigenvalue weighted by atomic mass is 9.99. The largest absolute Gasteiger partial charge is 0.444 e. The van der Waals surface area contributed by atoms with Crippen molar-refractivity contribution in [2.24, 2.45) is 0 Å². The second kappa shape index (κ2) is 6.68. The number of benzene rings is 1. The summed E-state index contributed by atoms with van der Waals surface area (Å²) in [7, 11) is 0. The molecule has 0 saturated heterocycles. The summed E-state index contributed by atoms with van der Waals surface area (Å²) in [6.07, 6.45) is 3.36. The zero-order valence-corrected chi connectivity index (χ0v) is 15.6. The van der Waals surface area contributed by atoms with Crippen LogP contribution in [0.3, 0.4) is 0 Å². The maximum absolute atomic E-state index is 11.9. The van der Waals surface area contributed by atoms with Gasteiger partial charge in [0.05, 0.1) is 10.7 Å². The Morgan fingerprint density at radius 1 is 1.24 bits per heavy atom. The summed E-state index contributed by atoms with van der Waals surface area (Å²) in [6.45, 7) is 6.03. The average molecular weight is 359 g/mol. The second-order valence-electron chi connectivity index (χ2n) is 7.56. The zero-order valence-electron chi connectivity index (χ0n) is 14.8. The lowest BCUT2D eigenvalue weighted by Crippen LogP contribution is -2.37. The number of nitrogens with one attached hydrogen (secondary N) is 1. The highest BCUT2D eigenvalue weighted by molar-refractivity contribution is 6.31. The number of hydrogen-bond acceptors (Lipinski definition) is 3. The number of alkyl carbamates (subject to hydrolysis) is 1. The molecule has 0 aliphatic heterocycles. The van der Waals surface area contributed by atoms with Crippen LogP contribution in [0.25, 0.3) is 11.1 Å². The first-order chi connectivity index (χ1) is 11.8. The molecule has 1 heterocycles. The van der Waals surface area contributed by atoms with Crippen molar-refractivity contribution in [1.29, 1.82) is 0 Å². The van der Waals surface area contributed by atoms with Gasteiger partial charge in [-0.25, -0.2) is 4.79 Å². The molecule has 1 saturated carbocycles. The maximum atomic E-state index is 11.9. The molecule has 0 radical (unpaired) electrons. The molecule has 0 bridgehead atoms. The Morgan fingerprint density at radius 3 is 2.48 bits per heavy atom. The molecule has 3 rings (SSSR count). The van der Waals surface area contributed by atoms with Crippen molar-refractivity contribution < 1.29 is 9.53 Å². The first-order valence-corrected chi connectivity index (χ1v) is 8.85. The van der Waals surface area contributed by atoms with Crippen molar-refractivity contribution in [2.45, 2.75) is 44.6 Å². The topological polar surface area (TPSA) is 51.2 Å². The van der Waals surface area contributed by atoms with Crippen LogP contribution in [0.2, 0.25) is 5.02 Å². The minimum atomic E-state index is -0.506. The minimum absolute atomic E-state index is 0.177. The fourth-order valence-corrected chi connectivity index (χ4v) is 3.19. The molecular formula is C20H23ClN2O2. The molecule has 0 spiro atoms. The third kappa shape index (κ3) is 4.31. The van der Waals surface area contributed by atoms with E-state index in [9.17, 15) is 4.79 Å². The van der Waals surface area contributed by atoms with E-state index in [0.717, 1.165) is 29.7 Å². The second-order valence-corrected chi connectivity index (χ2v) is 7.96. The van der Waals surface area contributed by atoms with Gasteiger partial charge in [0.15, 0.2) is 0 Å². The molecule has 132 valence electrons. The van der Waals surface area contributed by atoms with Crippen molar-refractivity contribution in [3.63, 3.8) is 0 Å². The molecule has 0 atom stereocenters. The van der Waals surface area contributed by atoms with Crippen LogP contribution in [-0.2, 0) is 10.2 Å². The van der Waals surface area contributed by atoms with E-state index in [1.165, 1.54) is 0 Å². The standard InChI is InChI=1S/C20H23ClN2O2/c1-19(2,3)25-18(24)23-13-20(9-10-20)17-16(21)11-15(12-22-17)14-7-5-4-6-8-14/h4-8,11-12H,9-10,13H2,1-3H3,(H,23,24). The molecule has 1 aromatic carbocycles. The lowest BCUT2D eigenvalue weighted by Gasteiger charge is -2.22. The summed E-state index contributed by atoms with van der Waals surface area (Å²) in [6, 6.07) is 12.0. The monoisotopic (exact) mass is 358 g/mol. The summed E-state index contributed by atoms with van der Waals surface area (Å²) in [5, 5.41) is 3.50.